The van der Waals surface area contributed by atoms with E-state index in [1.807, 2.05) is 39.4 Å². The number of methoxy groups -OCH3 is 1. The van der Waals surface area contributed by atoms with E-state index >= 15 is 0 Å². The van der Waals surface area contributed by atoms with Crippen molar-refractivity contribution in [2.75, 3.05) is 32.1 Å². The minimum Gasteiger partial charge on any atom is -0.496 e. The van der Waals surface area contributed by atoms with Crippen LogP contribution in [0.4, 0.5) is 5.69 Å². The molecule has 32 heavy (non-hydrogen) atoms. The summed E-state index contributed by atoms with van der Waals surface area (Å²) in [5, 5.41) is 0. The maximum absolute atomic E-state index is 12.4. The number of hydrogen-bond donors (Lipinski definition) is 1. The van der Waals surface area contributed by atoms with E-state index in [0.29, 0.717) is 13.1 Å². The van der Waals surface area contributed by atoms with E-state index in [1.54, 1.807) is 19.2 Å². The van der Waals surface area contributed by atoms with Crippen LogP contribution in [0.2, 0.25) is 0 Å². The molecule has 0 amide bonds. The molecule has 1 aliphatic rings. The van der Waals surface area contributed by atoms with Crippen molar-refractivity contribution in [2.45, 2.75) is 39.8 Å². The molecule has 1 fully saturated rings. The number of aryl methyl sites for hydroxylation is 1. The Morgan fingerprint density at radius 1 is 1.12 bits per heavy atom. The highest BCUT2D eigenvalue weighted by molar-refractivity contribution is 5.61. The zero-order chi connectivity index (χ0) is 22.7. The van der Waals surface area contributed by atoms with Gasteiger partial charge in [-0.05, 0) is 45.9 Å². The molecule has 0 unspecified atom stereocenters. The third-order valence-corrected chi connectivity index (χ3v) is 6.00. The fourth-order valence-corrected chi connectivity index (χ4v) is 4.40. The van der Waals surface area contributed by atoms with E-state index in [4.69, 9.17) is 4.74 Å². The van der Waals surface area contributed by atoms with Gasteiger partial charge in [-0.25, -0.2) is 0 Å². The number of nitrogens with zero attached hydrogens (tertiary/aromatic N) is 4. The van der Waals surface area contributed by atoms with Gasteiger partial charge in [0.15, 0.2) is 5.43 Å². The van der Waals surface area contributed by atoms with Gasteiger partial charge >= 0.3 is 0 Å². The highest BCUT2D eigenvalue weighted by Gasteiger charge is 2.15. The van der Waals surface area contributed by atoms with E-state index in [0.717, 1.165) is 58.4 Å². The highest BCUT2D eigenvalue weighted by atomic mass is 16.5. The molecule has 1 aliphatic heterocycles. The minimum atomic E-state index is -0.0261. The molecule has 3 aromatic rings. The zero-order valence-electron chi connectivity index (χ0n) is 19.3. The first kappa shape index (κ1) is 22.0. The molecule has 7 heteroatoms. The van der Waals surface area contributed by atoms with Gasteiger partial charge in [0.25, 0.3) is 0 Å². The third-order valence-electron chi connectivity index (χ3n) is 6.00. The Morgan fingerprint density at radius 2 is 1.91 bits per heavy atom. The quantitative estimate of drug-likeness (QED) is 0.613. The molecule has 1 saturated heterocycles. The number of pyridine rings is 3. The normalized spacial score (nSPS) is 13.7. The largest absolute Gasteiger partial charge is 0.496 e. The number of rotatable bonds is 7. The van der Waals surface area contributed by atoms with Crippen LogP contribution in [0.15, 0.2) is 41.5 Å². The summed E-state index contributed by atoms with van der Waals surface area (Å²) in [6, 6.07) is 7.38. The summed E-state index contributed by atoms with van der Waals surface area (Å²) in [6.07, 6.45) is 6.10. The van der Waals surface area contributed by atoms with Crippen molar-refractivity contribution >= 4 is 5.69 Å². The Hall–Kier alpha value is -3.19. The lowest BCUT2D eigenvalue weighted by Crippen LogP contribution is -2.21. The van der Waals surface area contributed by atoms with Crippen LogP contribution in [0.5, 0.6) is 5.75 Å². The summed E-state index contributed by atoms with van der Waals surface area (Å²) in [6.45, 7) is 7.41. The second kappa shape index (κ2) is 9.53. The maximum Gasteiger partial charge on any atom is 0.182 e. The summed E-state index contributed by atoms with van der Waals surface area (Å²) in [5.41, 5.74) is 6.55. The smallest absolute Gasteiger partial charge is 0.182 e. The fraction of sp³-hybridized carbons (Fsp3) is 0.400. The summed E-state index contributed by atoms with van der Waals surface area (Å²) >= 11 is 0. The van der Waals surface area contributed by atoms with Gasteiger partial charge in [0, 0.05) is 73.2 Å². The Morgan fingerprint density at radius 3 is 2.66 bits per heavy atom. The van der Waals surface area contributed by atoms with Gasteiger partial charge in [-0.1, -0.05) is 0 Å². The first-order valence-corrected chi connectivity index (χ1v) is 11.1. The number of aromatic amines is 1. The van der Waals surface area contributed by atoms with Gasteiger partial charge in [-0.3, -0.25) is 19.7 Å². The first-order valence-electron chi connectivity index (χ1n) is 11.1. The van der Waals surface area contributed by atoms with Crippen LogP contribution in [0.25, 0.3) is 11.4 Å². The average Bonchev–Trinajstić information content (AvgIpc) is 3.31. The summed E-state index contributed by atoms with van der Waals surface area (Å²) in [7, 11) is 3.70. The molecule has 0 saturated carbocycles. The summed E-state index contributed by atoms with van der Waals surface area (Å²) < 4.78 is 5.53. The first-order chi connectivity index (χ1) is 15.4. The predicted octanol–water partition coefficient (Wildman–Crippen LogP) is 3.69. The predicted molar refractivity (Wildman–Crippen MR) is 127 cm³/mol. The molecule has 0 atom stereocenters. The van der Waals surface area contributed by atoms with Crippen LogP contribution in [0.1, 0.15) is 35.4 Å². The van der Waals surface area contributed by atoms with Crippen molar-refractivity contribution in [3.63, 3.8) is 0 Å². The minimum absolute atomic E-state index is 0.0261. The Balaban J connectivity index is 1.53. The Kier molecular flexibility index (Phi) is 6.55. The topological polar surface area (TPSA) is 74.3 Å². The number of H-pyrrole nitrogens is 1. The van der Waals surface area contributed by atoms with Crippen LogP contribution >= 0.6 is 0 Å². The zero-order valence-corrected chi connectivity index (χ0v) is 19.3. The molecule has 0 aliphatic carbocycles. The van der Waals surface area contributed by atoms with Gasteiger partial charge in [0.1, 0.15) is 5.75 Å². The molecule has 0 spiro atoms. The fourth-order valence-electron chi connectivity index (χ4n) is 4.40. The van der Waals surface area contributed by atoms with E-state index in [-0.39, 0.29) is 5.43 Å². The lowest BCUT2D eigenvalue weighted by Gasteiger charge is -2.20. The molecule has 1 N–H and O–H groups in total. The molecule has 0 radical (unpaired) electrons. The van der Waals surface area contributed by atoms with Crippen LogP contribution in [-0.4, -0.2) is 47.1 Å². The number of nitrogens with one attached hydrogen (secondary N) is 1. The molecule has 168 valence electrons. The van der Waals surface area contributed by atoms with Crippen molar-refractivity contribution in [1.29, 1.82) is 0 Å². The van der Waals surface area contributed by atoms with Crippen molar-refractivity contribution in [3.05, 3.63) is 69.4 Å². The van der Waals surface area contributed by atoms with E-state index in [1.165, 1.54) is 12.8 Å². The number of hydrogen-bond acceptors (Lipinski definition) is 6. The molecule has 0 aromatic carbocycles. The maximum atomic E-state index is 12.4. The van der Waals surface area contributed by atoms with Crippen molar-refractivity contribution < 1.29 is 4.74 Å². The van der Waals surface area contributed by atoms with Crippen molar-refractivity contribution in [2.24, 2.45) is 0 Å². The lowest BCUT2D eigenvalue weighted by atomic mass is 10.1. The van der Waals surface area contributed by atoms with Gasteiger partial charge in [-0.15, -0.1) is 0 Å². The van der Waals surface area contributed by atoms with Gasteiger partial charge in [0.05, 0.1) is 24.2 Å². The van der Waals surface area contributed by atoms with E-state index in [9.17, 15) is 4.79 Å². The number of anilines is 1. The third kappa shape index (κ3) is 4.83. The SMILES string of the molecule is COc1c(C)cnc(CN(C)Cc2cc(=O)cc(-c3cc(N4CCCC4)ccn3)[nH]2)c1C. The van der Waals surface area contributed by atoms with E-state index in [2.05, 4.69) is 30.8 Å². The highest BCUT2D eigenvalue weighted by Crippen LogP contribution is 2.26. The molecular weight excluding hydrogens is 402 g/mol. The molecule has 0 bridgehead atoms. The second-order valence-electron chi connectivity index (χ2n) is 8.57. The molecule has 4 rings (SSSR count). The van der Waals surface area contributed by atoms with E-state index < -0.39 is 0 Å². The van der Waals surface area contributed by atoms with Crippen LogP contribution in [0, 0.1) is 13.8 Å². The average molecular weight is 434 g/mol. The molecular formula is C25H31N5O2. The molecule has 4 heterocycles. The monoisotopic (exact) mass is 433 g/mol. The van der Waals surface area contributed by atoms with Gasteiger partial charge in [-0.2, -0.15) is 0 Å². The standard InChI is InChI=1S/C25H31N5O2/c1-17-14-27-24(18(2)25(17)32-4)16-29(3)15-19-11-21(31)13-23(28-19)22-12-20(7-8-26-22)30-9-5-6-10-30/h7-8,11-14H,5-6,9-10,15-16H2,1-4H3,(H,28,31). The van der Waals surface area contributed by atoms with Crippen LogP contribution in [-0.2, 0) is 13.1 Å². The molecule has 7 nitrogen and oxygen atoms in total. The number of ether oxygens (including phenoxy) is 1. The van der Waals surface area contributed by atoms with Crippen LogP contribution in [0.3, 0.4) is 0 Å². The lowest BCUT2D eigenvalue weighted by molar-refractivity contribution is 0.309. The van der Waals surface area contributed by atoms with Crippen LogP contribution < -0.4 is 15.1 Å². The van der Waals surface area contributed by atoms with Gasteiger partial charge in [0.2, 0.25) is 0 Å². The van der Waals surface area contributed by atoms with Crippen molar-refractivity contribution in [1.82, 2.24) is 19.9 Å². The molecule has 3 aromatic heterocycles. The van der Waals surface area contributed by atoms with Gasteiger partial charge < -0.3 is 14.6 Å². The Bertz CT molecular complexity index is 1150. The summed E-state index contributed by atoms with van der Waals surface area (Å²) in [4.78, 5) is 29.5. The second-order valence-corrected chi connectivity index (χ2v) is 8.57. The summed E-state index contributed by atoms with van der Waals surface area (Å²) in [5.74, 6) is 0.878. The van der Waals surface area contributed by atoms with Crippen molar-refractivity contribution in [3.8, 4) is 17.1 Å². The Labute approximate surface area is 189 Å². The number of aromatic nitrogens is 3.